The summed E-state index contributed by atoms with van der Waals surface area (Å²) in [6.45, 7) is 3.70. The van der Waals surface area contributed by atoms with Crippen LogP contribution in [0.1, 0.15) is 11.4 Å². The standard InChI is InChI=1S/C13H14N4O3/c1-9-7-10(2)16(15-9)8-13(18)14-11-5-3-4-6-12(11)17(19)20/h3-7H,8H2,1-2H3,(H,14,18). The average molecular weight is 274 g/mol. The van der Waals surface area contributed by atoms with Gasteiger partial charge >= 0.3 is 0 Å². The first-order valence-electron chi connectivity index (χ1n) is 6.01. The van der Waals surface area contributed by atoms with Crippen LogP contribution in [0.15, 0.2) is 30.3 Å². The molecule has 0 aliphatic carbocycles. The largest absolute Gasteiger partial charge is 0.319 e. The summed E-state index contributed by atoms with van der Waals surface area (Å²) in [5.41, 5.74) is 1.74. The van der Waals surface area contributed by atoms with Crippen molar-refractivity contribution in [1.82, 2.24) is 9.78 Å². The van der Waals surface area contributed by atoms with Gasteiger partial charge in [-0.15, -0.1) is 0 Å². The molecule has 1 N–H and O–H groups in total. The van der Waals surface area contributed by atoms with E-state index in [1.807, 2.05) is 19.9 Å². The summed E-state index contributed by atoms with van der Waals surface area (Å²) in [5.74, 6) is -0.356. The number of nitrogens with zero attached hydrogens (tertiary/aromatic N) is 3. The Bertz CT molecular complexity index is 663. The van der Waals surface area contributed by atoms with Crippen molar-refractivity contribution >= 4 is 17.3 Å². The van der Waals surface area contributed by atoms with E-state index in [9.17, 15) is 14.9 Å². The lowest BCUT2D eigenvalue weighted by atomic mass is 10.2. The molecule has 104 valence electrons. The van der Waals surface area contributed by atoms with Crippen molar-refractivity contribution in [3.63, 3.8) is 0 Å². The fraction of sp³-hybridized carbons (Fsp3) is 0.231. The molecule has 1 amide bonds. The van der Waals surface area contributed by atoms with Gasteiger partial charge in [0.05, 0.1) is 10.6 Å². The number of amides is 1. The summed E-state index contributed by atoms with van der Waals surface area (Å²) in [5, 5.41) is 17.6. The molecule has 0 fully saturated rings. The molecule has 7 heteroatoms. The quantitative estimate of drug-likeness (QED) is 0.682. The van der Waals surface area contributed by atoms with Gasteiger partial charge in [-0.05, 0) is 26.0 Å². The van der Waals surface area contributed by atoms with Crippen LogP contribution in [0.25, 0.3) is 0 Å². The molecule has 0 bridgehead atoms. The van der Waals surface area contributed by atoms with Crippen LogP contribution in [0.5, 0.6) is 0 Å². The van der Waals surface area contributed by atoms with Crippen molar-refractivity contribution in [3.05, 3.63) is 51.8 Å². The first-order valence-corrected chi connectivity index (χ1v) is 6.01. The van der Waals surface area contributed by atoms with Gasteiger partial charge in [-0.1, -0.05) is 12.1 Å². The lowest BCUT2D eigenvalue weighted by Gasteiger charge is -2.07. The second-order valence-electron chi connectivity index (χ2n) is 4.41. The van der Waals surface area contributed by atoms with Crippen LogP contribution >= 0.6 is 0 Å². The first-order chi connectivity index (χ1) is 9.47. The van der Waals surface area contributed by atoms with Crippen LogP contribution in [0.4, 0.5) is 11.4 Å². The van der Waals surface area contributed by atoms with Crippen LogP contribution in [-0.4, -0.2) is 20.6 Å². The molecule has 0 radical (unpaired) electrons. The second kappa shape index (κ2) is 5.52. The summed E-state index contributed by atoms with van der Waals surface area (Å²) >= 11 is 0. The smallest absolute Gasteiger partial charge is 0.292 e. The Morgan fingerprint density at radius 3 is 2.70 bits per heavy atom. The summed E-state index contributed by atoms with van der Waals surface area (Å²) < 4.78 is 1.56. The first kappa shape index (κ1) is 13.7. The zero-order valence-corrected chi connectivity index (χ0v) is 11.2. The fourth-order valence-corrected chi connectivity index (χ4v) is 1.90. The van der Waals surface area contributed by atoms with E-state index in [-0.39, 0.29) is 23.8 Å². The molecule has 1 aromatic heterocycles. The van der Waals surface area contributed by atoms with Crippen LogP contribution in [-0.2, 0) is 11.3 Å². The number of benzene rings is 1. The number of anilines is 1. The number of nitrogens with one attached hydrogen (secondary N) is 1. The van der Waals surface area contributed by atoms with E-state index in [1.54, 1.807) is 16.8 Å². The molecule has 2 aromatic rings. The lowest BCUT2D eigenvalue weighted by molar-refractivity contribution is -0.383. The van der Waals surface area contributed by atoms with Gasteiger partial charge in [-0.3, -0.25) is 19.6 Å². The van der Waals surface area contributed by atoms with Gasteiger partial charge in [-0.2, -0.15) is 5.10 Å². The Morgan fingerprint density at radius 2 is 2.10 bits per heavy atom. The number of aromatic nitrogens is 2. The third-order valence-corrected chi connectivity index (χ3v) is 2.77. The lowest BCUT2D eigenvalue weighted by Crippen LogP contribution is -2.20. The van der Waals surface area contributed by atoms with Crippen molar-refractivity contribution in [2.45, 2.75) is 20.4 Å². The summed E-state index contributed by atoms with van der Waals surface area (Å²) in [6.07, 6.45) is 0. The molecule has 1 heterocycles. The summed E-state index contributed by atoms with van der Waals surface area (Å²) in [4.78, 5) is 22.3. The minimum Gasteiger partial charge on any atom is -0.319 e. The van der Waals surface area contributed by atoms with Crippen LogP contribution in [0.3, 0.4) is 0 Å². The van der Waals surface area contributed by atoms with Gasteiger partial charge in [0.1, 0.15) is 12.2 Å². The number of para-hydroxylation sites is 2. The fourth-order valence-electron chi connectivity index (χ4n) is 1.90. The zero-order chi connectivity index (χ0) is 14.7. The van der Waals surface area contributed by atoms with Crippen LogP contribution < -0.4 is 5.32 Å². The number of aryl methyl sites for hydroxylation is 2. The minimum absolute atomic E-state index is 0.0196. The number of carbonyl (C=O) groups excluding carboxylic acids is 1. The predicted octanol–water partition coefficient (Wildman–Crippen LogP) is 2.05. The summed E-state index contributed by atoms with van der Waals surface area (Å²) in [6, 6.07) is 7.88. The highest BCUT2D eigenvalue weighted by Gasteiger charge is 2.15. The van der Waals surface area contributed by atoms with E-state index in [0.29, 0.717) is 0 Å². The van der Waals surface area contributed by atoms with Crippen LogP contribution in [0, 0.1) is 24.0 Å². The Kier molecular flexibility index (Phi) is 3.79. The zero-order valence-electron chi connectivity index (χ0n) is 11.2. The third kappa shape index (κ3) is 3.00. The Labute approximate surface area is 115 Å². The van der Waals surface area contributed by atoms with E-state index in [1.165, 1.54) is 12.1 Å². The second-order valence-corrected chi connectivity index (χ2v) is 4.41. The van der Waals surface area contributed by atoms with Crippen molar-refractivity contribution in [3.8, 4) is 0 Å². The topological polar surface area (TPSA) is 90.1 Å². The minimum atomic E-state index is -0.529. The van der Waals surface area contributed by atoms with Gasteiger partial charge in [0.2, 0.25) is 5.91 Å². The maximum absolute atomic E-state index is 11.9. The maximum atomic E-state index is 11.9. The molecule has 0 aliphatic rings. The number of hydrogen-bond donors (Lipinski definition) is 1. The molecule has 2 rings (SSSR count). The highest BCUT2D eigenvalue weighted by molar-refractivity contribution is 5.92. The van der Waals surface area contributed by atoms with E-state index in [0.717, 1.165) is 11.4 Å². The van der Waals surface area contributed by atoms with E-state index < -0.39 is 4.92 Å². The van der Waals surface area contributed by atoms with Gasteiger partial charge in [0, 0.05) is 11.8 Å². The van der Waals surface area contributed by atoms with Crippen LogP contribution in [0.2, 0.25) is 0 Å². The highest BCUT2D eigenvalue weighted by Crippen LogP contribution is 2.23. The van der Waals surface area contributed by atoms with Gasteiger partial charge in [0.25, 0.3) is 5.69 Å². The number of rotatable bonds is 4. The molecule has 0 atom stereocenters. The number of hydrogen-bond acceptors (Lipinski definition) is 4. The monoisotopic (exact) mass is 274 g/mol. The predicted molar refractivity (Wildman–Crippen MR) is 73.4 cm³/mol. The van der Waals surface area contributed by atoms with Gasteiger partial charge < -0.3 is 5.32 Å². The molecule has 0 spiro atoms. The molecular formula is C13H14N4O3. The Morgan fingerprint density at radius 1 is 1.40 bits per heavy atom. The molecule has 0 unspecified atom stereocenters. The van der Waals surface area contributed by atoms with E-state index in [4.69, 9.17) is 0 Å². The molecular weight excluding hydrogens is 260 g/mol. The summed E-state index contributed by atoms with van der Waals surface area (Å²) in [7, 11) is 0. The Balaban J connectivity index is 2.13. The van der Waals surface area contributed by atoms with Gasteiger partial charge in [-0.25, -0.2) is 0 Å². The molecule has 0 aliphatic heterocycles. The van der Waals surface area contributed by atoms with Gasteiger partial charge in [0.15, 0.2) is 0 Å². The Hall–Kier alpha value is -2.70. The van der Waals surface area contributed by atoms with Crippen molar-refractivity contribution in [2.75, 3.05) is 5.32 Å². The highest BCUT2D eigenvalue weighted by atomic mass is 16.6. The average Bonchev–Trinajstić information content (AvgIpc) is 2.68. The molecule has 0 saturated carbocycles. The van der Waals surface area contributed by atoms with E-state index >= 15 is 0 Å². The number of carbonyl (C=O) groups is 1. The maximum Gasteiger partial charge on any atom is 0.292 e. The third-order valence-electron chi connectivity index (χ3n) is 2.77. The SMILES string of the molecule is Cc1cc(C)n(CC(=O)Nc2ccccc2[N+](=O)[O-])n1. The number of nitro benzene ring substituents is 1. The van der Waals surface area contributed by atoms with Crippen molar-refractivity contribution in [2.24, 2.45) is 0 Å². The number of nitro groups is 1. The van der Waals surface area contributed by atoms with Crippen molar-refractivity contribution in [1.29, 1.82) is 0 Å². The molecule has 1 aromatic carbocycles. The molecule has 7 nitrogen and oxygen atoms in total. The van der Waals surface area contributed by atoms with Crippen molar-refractivity contribution < 1.29 is 9.72 Å². The normalized spacial score (nSPS) is 10.3. The van der Waals surface area contributed by atoms with E-state index in [2.05, 4.69) is 10.4 Å². The molecule has 0 saturated heterocycles. The molecule has 20 heavy (non-hydrogen) atoms.